The number of anilines is 1. The molecule has 2 rings (SSSR count). The molecule has 1 aromatic rings. The summed E-state index contributed by atoms with van der Waals surface area (Å²) in [6.45, 7) is 3.62. The lowest BCUT2D eigenvalue weighted by molar-refractivity contribution is -0.158. The first-order valence-corrected chi connectivity index (χ1v) is 8.48. The first-order valence-electron chi connectivity index (χ1n) is 8.48. The van der Waals surface area contributed by atoms with Crippen LogP contribution in [-0.2, 0) is 25.5 Å². The number of esters is 1. The number of amides is 4. The largest absolute Gasteiger partial charge is 0.452 e. The number of ether oxygens (including phenoxy) is 1. The van der Waals surface area contributed by atoms with Crippen LogP contribution in [0.25, 0.3) is 0 Å². The Morgan fingerprint density at radius 1 is 1.27 bits per heavy atom. The molecule has 8 heteroatoms. The predicted molar refractivity (Wildman–Crippen MR) is 94.4 cm³/mol. The van der Waals surface area contributed by atoms with E-state index in [4.69, 9.17) is 4.74 Å². The van der Waals surface area contributed by atoms with Crippen molar-refractivity contribution >= 4 is 29.5 Å². The van der Waals surface area contributed by atoms with E-state index >= 15 is 0 Å². The molecule has 2 N–H and O–H groups in total. The molecule has 0 saturated carbocycles. The van der Waals surface area contributed by atoms with Crippen LogP contribution in [-0.4, -0.2) is 43.5 Å². The SMILES string of the molecule is CCc1ccc(N2C[C@@H](C(=O)O[C@@H](C)C(=O)NC(=O)NC)CC2=O)cc1. The number of carbonyl (C=O) groups excluding carboxylic acids is 4. The maximum Gasteiger partial charge on any atom is 0.321 e. The Hall–Kier alpha value is -2.90. The number of benzene rings is 1. The van der Waals surface area contributed by atoms with Crippen LogP contribution in [0.15, 0.2) is 24.3 Å². The zero-order valence-corrected chi connectivity index (χ0v) is 15.1. The van der Waals surface area contributed by atoms with E-state index in [1.165, 1.54) is 14.0 Å². The van der Waals surface area contributed by atoms with Crippen LogP contribution in [0, 0.1) is 5.92 Å². The smallest absolute Gasteiger partial charge is 0.321 e. The quantitative estimate of drug-likeness (QED) is 0.761. The maximum atomic E-state index is 12.3. The Balaban J connectivity index is 1.95. The standard InChI is InChI=1S/C18H23N3O5/c1-4-12-5-7-14(8-6-12)21-10-13(9-15(21)22)17(24)26-11(2)16(23)20-18(25)19-3/h5-8,11,13H,4,9-10H2,1-3H3,(H2,19,20,23,25)/t11-,13-/m0/s1. The zero-order valence-electron chi connectivity index (χ0n) is 15.1. The van der Waals surface area contributed by atoms with Crippen LogP contribution in [0.3, 0.4) is 0 Å². The van der Waals surface area contributed by atoms with Gasteiger partial charge in [-0.2, -0.15) is 0 Å². The van der Waals surface area contributed by atoms with Gasteiger partial charge in [0, 0.05) is 25.7 Å². The van der Waals surface area contributed by atoms with E-state index in [0.29, 0.717) is 0 Å². The predicted octanol–water partition coefficient (Wildman–Crippen LogP) is 0.989. The number of aryl methyl sites for hydroxylation is 1. The third-order valence-corrected chi connectivity index (χ3v) is 4.24. The lowest BCUT2D eigenvalue weighted by Crippen LogP contribution is -2.44. The first kappa shape index (κ1) is 19.4. The molecule has 1 aliphatic heterocycles. The lowest BCUT2D eigenvalue weighted by atomic mass is 10.1. The Kier molecular flexibility index (Phi) is 6.32. The number of carbonyl (C=O) groups is 4. The third kappa shape index (κ3) is 4.59. The molecule has 0 unspecified atom stereocenters. The van der Waals surface area contributed by atoms with Gasteiger partial charge < -0.3 is 15.0 Å². The fourth-order valence-electron chi connectivity index (χ4n) is 2.63. The van der Waals surface area contributed by atoms with E-state index in [2.05, 4.69) is 5.32 Å². The normalized spacial score (nSPS) is 17.6. The van der Waals surface area contributed by atoms with Gasteiger partial charge >= 0.3 is 12.0 Å². The molecule has 0 spiro atoms. The van der Waals surface area contributed by atoms with Crippen molar-refractivity contribution < 1.29 is 23.9 Å². The molecule has 1 saturated heterocycles. The molecule has 0 radical (unpaired) electrons. The summed E-state index contributed by atoms with van der Waals surface area (Å²) in [6.07, 6.45) is -0.204. The molecule has 1 fully saturated rings. The Labute approximate surface area is 151 Å². The Morgan fingerprint density at radius 2 is 1.92 bits per heavy atom. The van der Waals surface area contributed by atoms with Crippen molar-refractivity contribution in [3.63, 3.8) is 0 Å². The summed E-state index contributed by atoms with van der Waals surface area (Å²) in [6, 6.07) is 6.91. The van der Waals surface area contributed by atoms with Crippen LogP contribution < -0.4 is 15.5 Å². The highest BCUT2D eigenvalue weighted by atomic mass is 16.5. The van der Waals surface area contributed by atoms with Crippen LogP contribution in [0.4, 0.5) is 10.5 Å². The average molecular weight is 361 g/mol. The van der Waals surface area contributed by atoms with Crippen LogP contribution in [0.1, 0.15) is 25.8 Å². The van der Waals surface area contributed by atoms with E-state index in [1.54, 1.807) is 4.90 Å². The zero-order chi connectivity index (χ0) is 19.3. The third-order valence-electron chi connectivity index (χ3n) is 4.24. The fraction of sp³-hybridized carbons (Fsp3) is 0.444. The van der Waals surface area contributed by atoms with Gasteiger partial charge in [-0.1, -0.05) is 19.1 Å². The van der Waals surface area contributed by atoms with Crippen molar-refractivity contribution in [2.75, 3.05) is 18.5 Å². The van der Waals surface area contributed by atoms with Gasteiger partial charge in [0.15, 0.2) is 6.10 Å². The molecular weight excluding hydrogens is 338 g/mol. The summed E-state index contributed by atoms with van der Waals surface area (Å²) < 4.78 is 5.10. The highest BCUT2D eigenvalue weighted by molar-refractivity contribution is 6.00. The molecule has 1 heterocycles. The van der Waals surface area contributed by atoms with Crippen molar-refractivity contribution in [1.82, 2.24) is 10.6 Å². The number of hydrogen-bond donors (Lipinski definition) is 2. The van der Waals surface area contributed by atoms with Gasteiger partial charge in [-0.3, -0.25) is 19.7 Å². The molecule has 1 aromatic carbocycles. The monoisotopic (exact) mass is 361 g/mol. The summed E-state index contributed by atoms with van der Waals surface area (Å²) in [5.74, 6) is -2.18. The second-order valence-electron chi connectivity index (χ2n) is 6.07. The average Bonchev–Trinajstić information content (AvgIpc) is 3.03. The van der Waals surface area contributed by atoms with Gasteiger partial charge in [0.1, 0.15) is 0 Å². The number of hydrogen-bond acceptors (Lipinski definition) is 5. The minimum atomic E-state index is -1.13. The van der Waals surface area contributed by atoms with Gasteiger partial charge in [-0.05, 0) is 31.0 Å². The molecule has 140 valence electrons. The molecular formula is C18H23N3O5. The maximum absolute atomic E-state index is 12.3. The molecule has 2 atom stereocenters. The van der Waals surface area contributed by atoms with Gasteiger partial charge in [-0.15, -0.1) is 0 Å². The van der Waals surface area contributed by atoms with Crippen LogP contribution in [0.2, 0.25) is 0 Å². The summed E-state index contributed by atoms with van der Waals surface area (Å²) in [7, 11) is 1.37. The van der Waals surface area contributed by atoms with Gasteiger partial charge in [-0.25, -0.2) is 4.79 Å². The molecule has 8 nitrogen and oxygen atoms in total. The number of nitrogens with one attached hydrogen (secondary N) is 2. The molecule has 0 aliphatic carbocycles. The summed E-state index contributed by atoms with van der Waals surface area (Å²) in [4.78, 5) is 48.9. The van der Waals surface area contributed by atoms with Crippen LogP contribution in [0.5, 0.6) is 0 Å². The van der Waals surface area contributed by atoms with E-state index in [0.717, 1.165) is 17.7 Å². The van der Waals surface area contributed by atoms with Gasteiger partial charge in [0.2, 0.25) is 5.91 Å². The van der Waals surface area contributed by atoms with Crippen molar-refractivity contribution in [2.24, 2.45) is 5.92 Å². The van der Waals surface area contributed by atoms with Crippen molar-refractivity contribution in [3.05, 3.63) is 29.8 Å². The van der Waals surface area contributed by atoms with Crippen molar-refractivity contribution in [3.8, 4) is 0 Å². The molecule has 4 amide bonds. The molecule has 26 heavy (non-hydrogen) atoms. The lowest BCUT2D eigenvalue weighted by Gasteiger charge is -2.18. The summed E-state index contributed by atoms with van der Waals surface area (Å²) in [5.41, 5.74) is 1.89. The van der Waals surface area contributed by atoms with Gasteiger partial charge in [0.25, 0.3) is 5.91 Å². The number of urea groups is 1. The van der Waals surface area contributed by atoms with E-state index in [9.17, 15) is 19.2 Å². The van der Waals surface area contributed by atoms with E-state index < -0.39 is 29.9 Å². The molecule has 0 aromatic heterocycles. The van der Waals surface area contributed by atoms with Crippen LogP contribution >= 0.6 is 0 Å². The van der Waals surface area contributed by atoms with E-state index in [-0.39, 0.29) is 18.9 Å². The summed E-state index contributed by atoms with van der Waals surface area (Å²) in [5, 5.41) is 4.27. The molecule has 1 aliphatic rings. The number of nitrogens with zero attached hydrogens (tertiary/aromatic N) is 1. The number of imide groups is 1. The second-order valence-corrected chi connectivity index (χ2v) is 6.07. The minimum Gasteiger partial charge on any atom is -0.452 e. The Bertz CT molecular complexity index is 701. The minimum absolute atomic E-state index is 0.0259. The molecule has 0 bridgehead atoms. The summed E-state index contributed by atoms with van der Waals surface area (Å²) >= 11 is 0. The van der Waals surface area contributed by atoms with Crippen molar-refractivity contribution in [1.29, 1.82) is 0 Å². The first-order chi connectivity index (χ1) is 12.3. The second kappa shape index (κ2) is 8.46. The van der Waals surface area contributed by atoms with Gasteiger partial charge in [0.05, 0.1) is 5.92 Å². The highest BCUT2D eigenvalue weighted by Crippen LogP contribution is 2.26. The topological polar surface area (TPSA) is 105 Å². The van der Waals surface area contributed by atoms with E-state index in [1.807, 2.05) is 36.5 Å². The highest BCUT2D eigenvalue weighted by Gasteiger charge is 2.37. The van der Waals surface area contributed by atoms with Crippen molar-refractivity contribution in [2.45, 2.75) is 32.8 Å². The Morgan fingerprint density at radius 3 is 2.50 bits per heavy atom. The fourth-order valence-corrected chi connectivity index (χ4v) is 2.63. The number of rotatable bonds is 5.